The Morgan fingerprint density at radius 3 is 2.23 bits per heavy atom. The normalized spacial score (nSPS) is 20.2. The van der Waals surface area contributed by atoms with Crippen LogP contribution >= 0.6 is 0 Å². The molecule has 136 valence electrons. The van der Waals surface area contributed by atoms with E-state index in [1.807, 2.05) is 30.3 Å². The van der Waals surface area contributed by atoms with Gasteiger partial charge in [0.15, 0.2) is 5.72 Å². The van der Waals surface area contributed by atoms with Crippen LogP contribution in [0.15, 0.2) is 65.8 Å². The fourth-order valence-electron chi connectivity index (χ4n) is 2.90. The lowest BCUT2D eigenvalue weighted by Gasteiger charge is -2.31. The number of aliphatic hydroxyl groups is 1. The summed E-state index contributed by atoms with van der Waals surface area (Å²) in [6, 6.07) is 16.9. The van der Waals surface area contributed by atoms with Crippen LogP contribution in [0.4, 0.5) is 13.2 Å². The monoisotopic (exact) mass is 362 g/mol. The average Bonchev–Trinajstić information content (AvgIpc) is 3.01. The number of hydrogen-bond acceptors (Lipinski definition) is 3. The van der Waals surface area contributed by atoms with Crippen molar-refractivity contribution in [2.24, 2.45) is 5.10 Å². The van der Waals surface area contributed by atoms with E-state index >= 15 is 0 Å². The van der Waals surface area contributed by atoms with Crippen LogP contribution in [0, 0.1) is 0 Å². The van der Waals surface area contributed by atoms with Gasteiger partial charge in [-0.1, -0.05) is 60.7 Å². The molecule has 0 bridgehead atoms. The van der Waals surface area contributed by atoms with Crippen LogP contribution in [0.1, 0.15) is 24.0 Å². The highest BCUT2D eigenvalue weighted by Gasteiger charge is 2.52. The molecule has 2 aromatic carbocycles. The number of carbonyl (C=O) groups is 1. The van der Waals surface area contributed by atoms with Crippen LogP contribution in [0.2, 0.25) is 0 Å². The van der Waals surface area contributed by atoms with Crippen LogP contribution in [0.25, 0.3) is 0 Å². The molecule has 1 amide bonds. The van der Waals surface area contributed by atoms with Gasteiger partial charge in [0.05, 0.1) is 6.42 Å². The van der Waals surface area contributed by atoms with E-state index in [2.05, 4.69) is 5.10 Å². The lowest BCUT2D eigenvalue weighted by molar-refractivity contribution is -0.157. The summed E-state index contributed by atoms with van der Waals surface area (Å²) in [5.74, 6) is -0.667. The molecule has 0 radical (unpaired) electrons. The zero-order chi connectivity index (χ0) is 18.8. The number of hydrazone groups is 1. The largest absolute Gasteiger partial charge is 0.431 e. The van der Waals surface area contributed by atoms with Crippen molar-refractivity contribution in [2.75, 3.05) is 0 Å². The highest BCUT2D eigenvalue weighted by atomic mass is 19.4. The third-order valence-corrected chi connectivity index (χ3v) is 4.25. The maximum atomic E-state index is 13.1. The molecule has 4 nitrogen and oxygen atoms in total. The highest BCUT2D eigenvalue weighted by molar-refractivity contribution is 5.94. The average molecular weight is 362 g/mol. The van der Waals surface area contributed by atoms with Crippen molar-refractivity contribution in [1.82, 2.24) is 5.01 Å². The Morgan fingerprint density at radius 1 is 1.08 bits per heavy atom. The molecule has 0 aliphatic carbocycles. The summed E-state index contributed by atoms with van der Waals surface area (Å²) in [7, 11) is 0. The van der Waals surface area contributed by atoms with Crippen molar-refractivity contribution in [3.63, 3.8) is 0 Å². The highest BCUT2D eigenvalue weighted by Crippen LogP contribution is 2.39. The second-order valence-electron chi connectivity index (χ2n) is 6.10. The quantitative estimate of drug-likeness (QED) is 0.903. The van der Waals surface area contributed by atoms with Gasteiger partial charge in [-0.2, -0.15) is 23.3 Å². The zero-order valence-electron chi connectivity index (χ0n) is 13.8. The Kier molecular flexibility index (Phi) is 4.82. The van der Waals surface area contributed by atoms with Crippen LogP contribution in [-0.4, -0.2) is 27.9 Å². The predicted octanol–water partition coefficient (Wildman–Crippen LogP) is 3.62. The lowest BCUT2D eigenvalue weighted by Crippen LogP contribution is -2.43. The maximum Gasteiger partial charge on any atom is 0.431 e. The minimum Gasteiger partial charge on any atom is -0.365 e. The summed E-state index contributed by atoms with van der Waals surface area (Å²) in [4.78, 5) is 12.6. The van der Waals surface area contributed by atoms with E-state index < -0.39 is 29.9 Å². The van der Waals surface area contributed by atoms with E-state index in [0.717, 1.165) is 5.56 Å². The topological polar surface area (TPSA) is 52.9 Å². The second kappa shape index (κ2) is 6.92. The van der Waals surface area contributed by atoms with Gasteiger partial charge in [0, 0.05) is 12.0 Å². The molecule has 0 unspecified atom stereocenters. The Morgan fingerprint density at radius 2 is 1.65 bits per heavy atom. The summed E-state index contributed by atoms with van der Waals surface area (Å²) < 4.78 is 39.4. The summed E-state index contributed by atoms with van der Waals surface area (Å²) in [6.45, 7) is 0. The fraction of sp³-hybridized carbons (Fsp3) is 0.263. The van der Waals surface area contributed by atoms with Gasteiger partial charge in [0.1, 0.15) is 5.71 Å². The zero-order valence-corrected chi connectivity index (χ0v) is 13.8. The Labute approximate surface area is 148 Å². The van der Waals surface area contributed by atoms with E-state index in [4.69, 9.17) is 0 Å². The van der Waals surface area contributed by atoms with Crippen molar-refractivity contribution in [3.8, 4) is 0 Å². The van der Waals surface area contributed by atoms with E-state index in [1.165, 1.54) is 12.1 Å². The second-order valence-corrected chi connectivity index (χ2v) is 6.10. The third-order valence-electron chi connectivity index (χ3n) is 4.25. The molecule has 1 atom stereocenters. The van der Waals surface area contributed by atoms with Crippen molar-refractivity contribution in [1.29, 1.82) is 0 Å². The van der Waals surface area contributed by atoms with Gasteiger partial charge in [0.2, 0.25) is 5.91 Å². The summed E-state index contributed by atoms with van der Waals surface area (Å²) in [6.07, 6.45) is -5.22. The van der Waals surface area contributed by atoms with Gasteiger partial charge >= 0.3 is 6.18 Å². The standard InChI is InChI=1S/C19H17F3N2O2/c20-19(21,22)16-13-18(26,15-9-5-2-6-10-15)24(23-16)17(25)12-11-14-7-3-1-4-8-14/h1-10,26H,11-13H2/t18-/m0/s1. The molecule has 1 aliphatic heterocycles. The van der Waals surface area contributed by atoms with Crippen LogP contribution in [-0.2, 0) is 16.9 Å². The minimum atomic E-state index is -4.71. The molecule has 0 spiro atoms. The van der Waals surface area contributed by atoms with Gasteiger partial charge in [-0.25, -0.2) is 0 Å². The van der Waals surface area contributed by atoms with Crippen molar-refractivity contribution in [3.05, 3.63) is 71.8 Å². The number of nitrogens with zero attached hydrogens (tertiary/aromatic N) is 2. The molecular weight excluding hydrogens is 345 g/mol. The van der Waals surface area contributed by atoms with E-state index in [0.29, 0.717) is 11.4 Å². The molecule has 2 aromatic rings. The van der Waals surface area contributed by atoms with Gasteiger partial charge < -0.3 is 5.11 Å². The minimum absolute atomic E-state index is 0.0617. The van der Waals surface area contributed by atoms with Gasteiger partial charge in [-0.15, -0.1) is 0 Å². The first kappa shape index (κ1) is 18.1. The molecule has 26 heavy (non-hydrogen) atoms. The number of carbonyl (C=O) groups excluding carboxylic acids is 1. The number of rotatable bonds is 4. The van der Waals surface area contributed by atoms with Crippen LogP contribution in [0.3, 0.4) is 0 Å². The summed E-state index contributed by atoms with van der Waals surface area (Å²) in [5.41, 5.74) is -2.24. The van der Waals surface area contributed by atoms with Gasteiger partial charge in [-0.3, -0.25) is 4.79 Å². The molecule has 0 saturated carbocycles. The number of benzene rings is 2. The number of halogens is 3. The van der Waals surface area contributed by atoms with Crippen molar-refractivity contribution < 1.29 is 23.1 Å². The molecule has 1 aliphatic rings. The Bertz CT molecular complexity index is 807. The van der Waals surface area contributed by atoms with E-state index in [1.54, 1.807) is 18.2 Å². The third kappa shape index (κ3) is 3.62. The Balaban J connectivity index is 1.86. The van der Waals surface area contributed by atoms with Crippen molar-refractivity contribution in [2.45, 2.75) is 31.2 Å². The molecule has 1 N–H and O–H groups in total. The Hall–Kier alpha value is -2.67. The number of amides is 1. The molecule has 0 aromatic heterocycles. The summed E-state index contributed by atoms with van der Waals surface area (Å²) in [5, 5.41) is 14.9. The smallest absolute Gasteiger partial charge is 0.365 e. The number of aryl methyl sites for hydroxylation is 1. The molecule has 1 heterocycles. The predicted molar refractivity (Wildman–Crippen MR) is 90.1 cm³/mol. The van der Waals surface area contributed by atoms with Gasteiger partial charge in [-0.05, 0) is 12.0 Å². The number of hydrogen-bond donors (Lipinski definition) is 1. The summed E-state index contributed by atoms with van der Waals surface area (Å²) >= 11 is 0. The first-order chi connectivity index (χ1) is 12.3. The molecule has 3 rings (SSSR count). The number of alkyl halides is 3. The van der Waals surface area contributed by atoms with Crippen molar-refractivity contribution >= 4 is 11.6 Å². The van der Waals surface area contributed by atoms with Crippen LogP contribution < -0.4 is 0 Å². The molecule has 0 fully saturated rings. The first-order valence-corrected chi connectivity index (χ1v) is 8.10. The SMILES string of the molecule is O=C(CCc1ccccc1)N1N=C(C(F)(F)F)C[C@]1(O)c1ccccc1. The van der Waals surface area contributed by atoms with E-state index in [-0.39, 0.29) is 12.0 Å². The lowest BCUT2D eigenvalue weighted by atomic mass is 9.96. The van der Waals surface area contributed by atoms with E-state index in [9.17, 15) is 23.1 Å². The molecular formula is C19H17F3N2O2. The van der Waals surface area contributed by atoms with Crippen LogP contribution in [0.5, 0.6) is 0 Å². The first-order valence-electron chi connectivity index (χ1n) is 8.10. The maximum absolute atomic E-state index is 13.1. The fourth-order valence-corrected chi connectivity index (χ4v) is 2.90. The van der Waals surface area contributed by atoms with Gasteiger partial charge in [0.25, 0.3) is 0 Å². The molecule has 0 saturated heterocycles. The molecule has 7 heteroatoms.